The molecule has 1 aromatic heterocycles. The lowest BCUT2D eigenvalue weighted by Gasteiger charge is -2.44. The first-order chi connectivity index (χ1) is 19.3. The van der Waals surface area contributed by atoms with Gasteiger partial charge < -0.3 is 38.6 Å². The number of aromatic hydroxyl groups is 2. The summed E-state index contributed by atoms with van der Waals surface area (Å²) < 4.78 is 32.9. The van der Waals surface area contributed by atoms with Crippen LogP contribution in [0.1, 0.15) is 44.9 Å². The van der Waals surface area contributed by atoms with Crippen molar-refractivity contribution >= 4 is 30.0 Å². The van der Waals surface area contributed by atoms with Crippen molar-refractivity contribution in [2.45, 2.75) is 64.8 Å². The molecule has 1 fully saturated rings. The summed E-state index contributed by atoms with van der Waals surface area (Å²) in [5.74, 6) is -3.90. The number of hydrogen-bond acceptors (Lipinski definition) is 14. The van der Waals surface area contributed by atoms with Gasteiger partial charge >= 0.3 is 30.0 Å². The average molecular weight is 580 g/mol. The number of rotatable bonds is 9. The highest BCUT2D eigenvalue weighted by molar-refractivity contribution is 5.69. The van der Waals surface area contributed by atoms with E-state index < -0.39 is 72.3 Å². The molecule has 0 amide bonds. The SMILES string of the molecule is CC(=O)OC[C@H]1O[C@H](c2ccc(COC(=O)On3c(O)ccc3O)cc2)[C@H](OC(C)=O)[C@@H](OC(C)=O)[C@H]1OC(C)=O. The largest absolute Gasteiger partial charge is 0.534 e. The Balaban J connectivity index is 1.84. The first-order valence-electron chi connectivity index (χ1n) is 12.2. The summed E-state index contributed by atoms with van der Waals surface area (Å²) in [6.45, 7) is 3.93. The van der Waals surface area contributed by atoms with Crippen LogP contribution in [-0.2, 0) is 54.2 Å². The van der Waals surface area contributed by atoms with Gasteiger partial charge in [-0.05, 0) is 11.1 Å². The van der Waals surface area contributed by atoms with Crippen LogP contribution in [0.4, 0.5) is 4.79 Å². The first kappa shape index (κ1) is 30.7. The second-order valence-corrected chi connectivity index (χ2v) is 8.84. The molecule has 0 aliphatic carbocycles. The molecule has 15 heteroatoms. The van der Waals surface area contributed by atoms with Crippen LogP contribution in [0, 0.1) is 0 Å². The maximum absolute atomic E-state index is 12.0. The molecule has 1 saturated heterocycles. The zero-order chi connectivity index (χ0) is 30.3. The Morgan fingerprint density at radius 3 is 1.80 bits per heavy atom. The van der Waals surface area contributed by atoms with Gasteiger partial charge in [-0.2, -0.15) is 0 Å². The smallest absolute Gasteiger partial charge is 0.492 e. The number of carbonyl (C=O) groups is 5. The second kappa shape index (κ2) is 13.5. The summed E-state index contributed by atoms with van der Waals surface area (Å²) in [5.41, 5.74) is 0.910. The van der Waals surface area contributed by atoms with E-state index in [1.807, 2.05) is 0 Å². The van der Waals surface area contributed by atoms with Crippen LogP contribution in [0.3, 0.4) is 0 Å². The number of carbonyl (C=O) groups excluding carboxylic acids is 5. The average Bonchev–Trinajstić information content (AvgIpc) is 3.20. The third kappa shape index (κ3) is 8.35. The third-order valence-corrected chi connectivity index (χ3v) is 5.62. The molecule has 0 saturated carbocycles. The highest BCUT2D eigenvalue weighted by Gasteiger charge is 2.52. The van der Waals surface area contributed by atoms with Crippen molar-refractivity contribution in [2.75, 3.05) is 6.61 Å². The van der Waals surface area contributed by atoms with Crippen molar-refractivity contribution in [2.24, 2.45) is 0 Å². The molecule has 3 rings (SSSR count). The number of ether oxygens (including phenoxy) is 6. The molecule has 0 bridgehead atoms. The lowest BCUT2D eigenvalue weighted by atomic mass is 9.90. The predicted molar refractivity (Wildman–Crippen MR) is 132 cm³/mol. The van der Waals surface area contributed by atoms with Gasteiger partial charge in [0.25, 0.3) is 0 Å². The van der Waals surface area contributed by atoms with Crippen LogP contribution in [-0.4, -0.2) is 76.0 Å². The van der Waals surface area contributed by atoms with Crippen LogP contribution in [0.25, 0.3) is 0 Å². The molecule has 1 aliphatic rings. The van der Waals surface area contributed by atoms with Gasteiger partial charge in [0.05, 0.1) is 0 Å². The topological polar surface area (TPSA) is 195 Å². The maximum atomic E-state index is 12.0. The number of benzene rings is 1. The van der Waals surface area contributed by atoms with Crippen LogP contribution in [0.2, 0.25) is 0 Å². The first-order valence-corrected chi connectivity index (χ1v) is 12.2. The number of hydrogen-bond donors (Lipinski definition) is 2. The van der Waals surface area contributed by atoms with Crippen molar-refractivity contribution in [3.63, 3.8) is 0 Å². The summed E-state index contributed by atoms with van der Waals surface area (Å²) in [5, 5.41) is 19.1. The van der Waals surface area contributed by atoms with Gasteiger partial charge in [-0.15, -0.1) is 4.73 Å². The Hall–Kier alpha value is -4.79. The number of nitrogens with zero attached hydrogens (tertiary/aromatic N) is 1. The molecule has 0 spiro atoms. The summed E-state index contributed by atoms with van der Waals surface area (Å²) in [6.07, 6.45) is -7.27. The van der Waals surface area contributed by atoms with Gasteiger partial charge in [0, 0.05) is 39.8 Å². The van der Waals surface area contributed by atoms with E-state index in [1.165, 1.54) is 6.92 Å². The number of esters is 4. The molecule has 2 heterocycles. The van der Waals surface area contributed by atoms with Crippen molar-refractivity contribution in [1.29, 1.82) is 0 Å². The third-order valence-electron chi connectivity index (χ3n) is 5.62. The van der Waals surface area contributed by atoms with Gasteiger partial charge in [0.1, 0.15) is 25.4 Å². The lowest BCUT2D eigenvalue weighted by Crippen LogP contribution is -2.59. The van der Waals surface area contributed by atoms with Gasteiger partial charge in [-0.25, -0.2) is 4.79 Å². The van der Waals surface area contributed by atoms with E-state index in [1.54, 1.807) is 24.3 Å². The lowest BCUT2D eigenvalue weighted by molar-refractivity contribution is -0.254. The van der Waals surface area contributed by atoms with Gasteiger partial charge in [0.15, 0.2) is 18.3 Å². The van der Waals surface area contributed by atoms with Crippen LogP contribution < -0.4 is 4.84 Å². The monoisotopic (exact) mass is 579 g/mol. The fourth-order valence-electron chi connectivity index (χ4n) is 4.04. The zero-order valence-corrected chi connectivity index (χ0v) is 22.5. The Morgan fingerprint density at radius 1 is 0.732 bits per heavy atom. The molecular formula is C26H29NO14. The molecule has 0 unspecified atom stereocenters. The fraction of sp³-hybridized carbons (Fsp3) is 0.423. The fourth-order valence-corrected chi connectivity index (χ4v) is 4.04. The summed E-state index contributed by atoms with van der Waals surface area (Å²) in [4.78, 5) is 64.0. The summed E-state index contributed by atoms with van der Waals surface area (Å²) in [7, 11) is 0. The molecule has 15 nitrogen and oxygen atoms in total. The highest BCUT2D eigenvalue weighted by Crippen LogP contribution is 2.37. The summed E-state index contributed by atoms with van der Waals surface area (Å²) in [6, 6.07) is 8.45. The van der Waals surface area contributed by atoms with E-state index in [4.69, 9.17) is 33.3 Å². The van der Waals surface area contributed by atoms with Crippen molar-refractivity contribution < 1.29 is 67.4 Å². The Kier molecular flexibility index (Phi) is 10.1. The minimum absolute atomic E-state index is 0.263. The molecule has 2 N–H and O–H groups in total. The van der Waals surface area contributed by atoms with E-state index in [-0.39, 0.29) is 13.2 Å². The van der Waals surface area contributed by atoms with E-state index in [2.05, 4.69) is 0 Å². The Morgan fingerprint density at radius 2 is 1.27 bits per heavy atom. The number of aromatic nitrogens is 1. The van der Waals surface area contributed by atoms with Crippen LogP contribution in [0.15, 0.2) is 36.4 Å². The Bertz CT molecular complexity index is 1250. The predicted octanol–water partition coefficient (Wildman–Crippen LogP) is 1.46. The van der Waals surface area contributed by atoms with Crippen LogP contribution >= 0.6 is 0 Å². The minimum Gasteiger partial charge on any atom is -0.492 e. The van der Waals surface area contributed by atoms with Gasteiger partial charge in [-0.1, -0.05) is 24.3 Å². The van der Waals surface area contributed by atoms with E-state index in [0.717, 1.165) is 32.9 Å². The van der Waals surface area contributed by atoms with Gasteiger partial charge in [0.2, 0.25) is 11.8 Å². The molecule has 41 heavy (non-hydrogen) atoms. The van der Waals surface area contributed by atoms with Crippen molar-refractivity contribution in [3.8, 4) is 11.8 Å². The van der Waals surface area contributed by atoms with E-state index in [0.29, 0.717) is 15.9 Å². The molecule has 222 valence electrons. The van der Waals surface area contributed by atoms with Crippen LogP contribution in [0.5, 0.6) is 11.8 Å². The molecule has 5 atom stereocenters. The molecular weight excluding hydrogens is 550 g/mol. The minimum atomic E-state index is -1.32. The standard InChI is InChI=1S/C26H29NO14/c1-13(28)35-12-19-23(37-14(2)29)25(39-16(4)31)24(38-15(3)30)22(40-19)18-7-5-17(6-8-18)11-36-26(34)41-27-20(32)9-10-21(27)33/h5-10,19,22-25,32-33H,11-12H2,1-4H3/t19-,22-,23+,24+,25+/m1/s1. The molecule has 0 radical (unpaired) electrons. The normalized spacial score (nSPS) is 21.7. The van der Waals surface area contributed by atoms with E-state index >= 15 is 0 Å². The zero-order valence-electron chi connectivity index (χ0n) is 22.5. The second-order valence-electron chi connectivity index (χ2n) is 8.84. The highest BCUT2D eigenvalue weighted by atomic mass is 16.8. The maximum Gasteiger partial charge on any atom is 0.534 e. The molecule has 2 aromatic rings. The molecule has 1 aromatic carbocycles. The van der Waals surface area contributed by atoms with Crippen molar-refractivity contribution in [1.82, 2.24) is 4.73 Å². The summed E-state index contributed by atoms with van der Waals surface area (Å²) >= 11 is 0. The van der Waals surface area contributed by atoms with Crippen molar-refractivity contribution in [3.05, 3.63) is 47.5 Å². The Labute approximate surface area is 233 Å². The van der Waals surface area contributed by atoms with Gasteiger partial charge in [-0.3, -0.25) is 24.0 Å². The molecule has 1 aliphatic heterocycles. The van der Waals surface area contributed by atoms with E-state index in [9.17, 15) is 34.2 Å². The quantitative estimate of drug-likeness (QED) is 0.320.